The van der Waals surface area contributed by atoms with Gasteiger partial charge in [-0.3, -0.25) is 0 Å². The molecule has 0 saturated carbocycles. The van der Waals surface area contributed by atoms with Gasteiger partial charge < -0.3 is 20.1 Å². The van der Waals surface area contributed by atoms with E-state index >= 15 is 0 Å². The Balaban J connectivity index is 1.70. The van der Waals surface area contributed by atoms with E-state index < -0.39 is 0 Å². The van der Waals surface area contributed by atoms with Gasteiger partial charge in [0.05, 0.1) is 25.9 Å². The molecule has 128 valence electrons. The van der Waals surface area contributed by atoms with E-state index in [-0.39, 0.29) is 11.9 Å². The van der Waals surface area contributed by atoms with Gasteiger partial charge in [0.1, 0.15) is 5.82 Å². The van der Waals surface area contributed by atoms with E-state index in [0.717, 1.165) is 26.0 Å². The largest absolute Gasteiger partial charge is 0.377 e. The quantitative estimate of drug-likeness (QED) is 0.437. The van der Waals surface area contributed by atoms with E-state index in [9.17, 15) is 4.39 Å². The summed E-state index contributed by atoms with van der Waals surface area (Å²) in [6, 6.07) is 6.68. The Morgan fingerprint density at radius 1 is 1.39 bits per heavy atom. The van der Waals surface area contributed by atoms with E-state index in [1.54, 1.807) is 12.1 Å². The van der Waals surface area contributed by atoms with Gasteiger partial charge >= 0.3 is 0 Å². The molecule has 6 heteroatoms. The zero-order valence-corrected chi connectivity index (χ0v) is 13.7. The van der Waals surface area contributed by atoms with Gasteiger partial charge in [-0.1, -0.05) is 18.2 Å². The van der Waals surface area contributed by atoms with Crippen molar-refractivity contribution >= 4 is 5.96 Å². The highest BCUT2D eigenvalue weighted by Gasteiger charge is 2.14. The molecule has 0 bridgehead atoms. The van der Waals surface area contributed by atoms with Crippen LogP contribution >= 0.6 is 0 Å². The number of halogens is 1. The van der Waals surface area contributed by atoms with Crippen molar-refractivity contribution < 1.29 is 13.9 Å². The molecule has 5 nitrogen and oxygen atoms in total. The molecule has 1 aromatic carbocycles. The topological polar surface area (TPSA) is 54.9 Å². The number of guanidine groups is 1. The Morgan fingerprint density at radius 2 is 2.26 bits per heavy atom. The summed E-state index contributed by atoms with van der Waals surface area (Å²) in [6.45, 7) is 5.77. The molecule has 0 amide bonds. The fourth-order valence-electron chi connectivity index (χ4n) is 2.36. The average molecular weight is 323 g/mol. The number of benzene rings is 1. The molecule has 1 atom stereocenters. The Kier molecular flexibility index (Phi) is 7.83. The van der Waals surface area contributed by atoms with Gasteiger partial charge in [-0.25, -0.2) is 9.38 Å². The van der Waals surface area contributed by atoms with Gasteiger partial charge in [0.2, 0.25) is 0 Å². The van der Waals surface area contributed by atoms with Crippen molar-refractivity contribution in [3.8, 4) is 0 Å². The second kappa shape index (κ2) is 10.2. The third-order valence-electron chi connectivity index (χ3n) is 3.58. The first-order chi connectivity index (χ1) is 11.3. The second-order valence-electron chi connectivity index (χ2n) is 5.42. The minimum Gasteiger partial charge on any atom is -0.377 e. The highest BCUT2D eigenvalue weighted by molar-refractivity contribution is 5.79. The summed E-state index contributed by atoms with van der Waals surface area (Å²) in [4.78, 5) is 4.39. The van der Waals surface area contributed by atoms with Crippen LogP contribution < -0.4 is 10.6 Å². The molecule has 0 radical (unpaired) electrons. The van der Waals surface area contributed by atoms with E-state index in [4.69, 9.17) is 9.47 Å². The molecule has 1 saturated heterocycles. The summed E-state index contributed by atoms with van der Waals surface area (Å²) in [5.41, 5.74) is 0.583. The molecule has 23 heavy (non-hydrogen) atoms. The fraction of sp³-hybridized carbons (Fsp3) is 0.588. The van der Waals surface area contributed by atoms with E-state index in [0.29, 0.717) is 37.8 Å². The third kappa shape index (κ3) is 6.54. The lowest BCUT2D eigenvalue weighted by atomic mass is 10.2. The second-order valence-corrected chi connectivity index (χ2v) is 5.42. The lowest BCUT2D eigenvalue weighted by Crippen LogP contribution is -2.39. The van der Waals surface area contributed by atoms with E-state index in [1.165, 1.54) is 6.07 Å². The number of ether oxygens (including phenoxy) is 2. The molecule has 0 aliphatic carbocycles. The maximum atomic E-state index is 13.6. The van der Waals surface area contributed by atoms with Crippen molar-refractivity contribution in [2.24, 2.45) is 4.99 Å². The molecule has 1 fully saturated rings. The van der Waals surface area contributed by atoms with Crippen molar-refractivity contribution in [3.63, 3.8) is 0 Å². The van der Waals surface area contributed by atoms with Crippen LogP contribution in [-0.4, -0.2) is 45.0 Å². The predicted molar refractivity (Wildman–Crippen MR) is 89.0 cm³/mol. The minimum atomic E-state index is -0.230. The van der Waals surface area contributed by atoms with Crippen molar-refractivity contribution in [2.75, 3.05) is 32.9 Å². The summed E-state index contributed by atoms with van der Waals surface area (Å²) in [5, 5.41) is 6.33. The third-order valence-corrected chi connectivity index (χ3v) is 3.58. The molecule has 1 aliphatic heterocycles. The molecule has 0 aromatic heterocycles. The Hall–Kier alpha value is -1.66. The molecule has 2 rings (SSSR count). The number of nitrogens with zero attached hydrogens (tertiary/aromatic N) is 1. The molecule has 2 N–H and O–H groups in total. The summed E-state index contributed by atoms with van der Waals surface area (Å²) in [6.07, 6.45) is 2.46. The molecule has 1 aliphatic rings. The van der Waals surface area contributed by atoms with Crippen LogP contribution in [0.15, 0.2) is 29.3 Å². The number of rotatable bonds is 8. The average Bonchev–Trinajstić information content (AvgIpc) is 3.07. The molecule has 1 aromatic rings. The van der Waals surface area contributed by atoms with Crippen LogP contribution in [-0.2, 0) is 16.0 Å². The van der Waals surface area contributed by atoms with Crippen LogP contribution in [0, 0.1) is 5.82 Å². The van der Waals surface area contributed by atoms with Crippen molar-refractivity contribution in [2.45, 2.75) is 32.4 Å². The van der Waals surface area contributed by atoms with Crippen molar-refractivity contribution in [3.05, 3.63) is 35.6 Å². The molecular formula is C17H26FN3O2. The minimum absolute atomic E-state index is 0.230. The predicted octanol–water partition coefficient (Wildman–Crippen LogP) is 2.08. The SMILES string of the molecule is CCNC(=NCc1ccccc1F)NCCOCC1CCCO1. The van der Waals surface area contributed by atoms with E-state index in [1.807, 2.05) is 13.0 Å². The van der Waals surface area contributed by atoms with Crippen LogP contribution in [0.4, 0.5) is 4.39 Å². The number of hydrogen-bond acceptors (Lipinski definition) is 3. The van der Waals surface area contributed by atoms with Crippen LogP contribution in [0.2, 0.25) is 0 Å². The van der Waals surface area contributed by atoms with Crippen molar-refractivity contribution in [1.82, 2.24) is 10.6 Å². The Morgan fingerprint density at radius 3 is 3.00 bits per heavy atom. The van der Waals surface area contributed by atoms with Crippen LogP contribution in [0.3, 0.4) is 0 Å². The first-order valence-corrected chi connectivity index (χ1v) is 8.24. The lowest BCUT2D eigenvalue weighted by Gasteiger charge is -2.13. The molecule has 1 heterocycles. The highest BCUT2D eigenvalue weighted by atomic mass is 19.1. The standard InChI is InChI=1S/C17H26FN3O2/c1-2-19-17(21-12-14-6-3-4-8-16(14)18)20-9-11-22-13-15-7-5-10-23-15/h3-4,6,8,15H,2,5,7,9-13H2,1H3,(H2,19,20,21). The Bertz CT molecular complexity index is 490. The molecular weight excluding hydrogens is 297 g/mol. The normalized spacial score (nSPS) is 18.2. The van der Waals surface area contributed by atoms with Gasteiger partial charge in [0.25, 0.3) is 0 Å². The Labute approximate surface area is 137 Å². The maximum Gasteiger partial charge on any atom is 0.191 e. The smallest absolute Gasteiger partial charge is 0.191 e. The molecule has 1 unspecified atom stereocenters. The monoisotopic (exact) mass is 323 g/mol. The number of aliphatic imine (C=N–C) groups is 1. The highest BCUT2D eigenvalue weighted by Crippen LogP contribution is 2.11. The van der Waals surface area contributed by atoms with Gasteiger partial charge in [-0.15, -0.1) is 0 Å². The van der Waals surface area contributed by atoms with Crippen LogP contribution in [0.1, 0.15) is 25.3 Å². The van der Waals surface area contributed by atoms with Gasteiger partial charge in [-0.2, -0.15) is 0 Å². The fourth-order valence-corrected chi connectivity index (χ4v) is 2.36. The summed E-state index contributed by atoms with van der Waals surface area (Å²) in [7, 11) is 0. The summed E-state index contributed by atoms with van der Waals surface area (Å²) >= 11 is 0. The summed E-state index contributed by atoms with van der Waals surface area (Å²) in [5.74, 6) is 0.434. The molecule has 0 spiro atoms. The lowest BCUT2D eigenvalue weighted by molar-refractivity contribution is 0.0191. The van der Waals surface area contributed by atoms with Gasteiger partial charge in [-0.05, 0) is 25.8 Å². The maximum absolute atomic E-state index is 13.6. The first kappa shape index (κ1) is 17.7. The zero-order valence-electron chi connectivity index (χ0n) is 13.7. The zero-order chi connectivity index (χ0) is 16.3. The van der Waals surface area contributed by atoms with Crippen LogP contribution in [0.25, 0.3) is 0 Å². The number of nitrogens with one attached hydrogen (secondary N) is 2. The van der Waals surface area contributed by atoms with Gasteiger partial charge in [0, 0.05) is 25.3 Å². The first-order valence-electron chi connectivity index (χ1n) is 8.24. The van der Waals surface area contributed by atoms with E-state index in [2.05, 4.69) is 15.6 Å². The van der Waals surface area contributed by atoms with Gasteiger partial charge in [0.15, 0.2) is 5.96 Å². The van der Waals surface area contributed by atoms with Crippen molar-refractivity contribution in [1.29, 1.82) is 0 Å². The van der Waals surface area contributed by atoms with Crippen LogP contribution in [0.5, 0.6) is 0 Å². The summed E-state index contributed by atoms with van der Waals surface area (Å²) < 4.78 is 24.7. The number of hydrogen-bond donors (Lipinski definition) is 2.